The van der Waals surface area contributed by atoms with Crippen LogP contribution in [0.15, 0.2) is 18.2 Å². The standard InChI is InChI=1S/C10H10O6/c1-15-10(14)7-4-6(12)2-3-8(7)16-9(13)5-11/h2-4,11-12H,5H2,1H3. The molecule has 6 heteroatoms. The highest BCUT2D eigenvalue weighted by Gasteiger charge is 2.16. The van der Waals surface area contributed by atoms with Gasteiger partial charge in [-0.05, 0) is 18.2 Å². The van der Waals surface area contributed by atoms with E-state index in [0.29, 0.717) is 0 Å². The molecule has 0 aliphatic heterocycles. The number of benzene rings is 1. The van der Waals surface area contributed by atoms with Gasteiger partial charge in [0.05, 0.1) is 7.11 Å². The van der Waals surface area contributed by atoms with Gasteiger partial charge in [-0.1, -0.05) is 0 Å². The number of aromatic hydroxyl groups is 1. The number of phenolic OH excluding ortho intramolecular Hbond substituents is 1. The van der Waals surface area contributed by atoms with Gasteiger partial charge in [0.2, 0.25) is 0 Å². The lowest BCUT2D eigenvalue weighted by Gasteiger charge is -2.07. The number of phenols is 1. The second-order valence-corrected chi connectivity index (χ2v) is 2.80. The van der Waals surface area contributed by atoms with Crippen molar-refractivity contribution in [1.29, 1.82) is 0 Å². The molecule has 1 aromatic carbocycles. The van der Waals surface area contributed by atoms with Gasteiger partial charge >= 0.3 is 11.9 Å². The lowest BCUT2D eigenvalue weighted by molar-refractivity contribution is -0.137. The Balaban J connectivity index is 3.07. The molecule has 0 radical (unpaired) electrons. The van der Waals surface area contributed by atoms with Gasteiger partial charge in [0.25, 0.3) is 0 Å². The number of carbonyl (C=O) groups excluding carboxylic acids is 2. The Morgan fingerprint density at radius 2 is 2.06 bits per heavy atom. The first-order valence-electron chi connectivity index (χ1n) is 4.31. The van der Waals surface area contributed by atoms with E-state index in [-0.39, 0.29) is 17.1 Å². The Bertz CT molecular complexity index is 412. The van der Waals surface area contributed by atoms with Gasteiger partial charge in [0.15, 0.2) is 0 Å². The van der Waals surface area contributed by atoms with E-state index in [2.05, 4.69) is 9.47 Å². The number of esters is 2. The maximum absolute atomic E-state index is 11.3. The van der Waals surface area contributed by atoms with Gasteiger partial charge < -0.3 is 19.7 Å². The number of hydrogen-bond donors (Lipinski definition) is 2. The molecule has 0 aliphatic carbocycles. The van der Waals surface area contributed by atoms with E-state index in [1.54, 1.807) is 0 Å². The SMILES string of the molecule is COC(=O)c1cc(O)ccc1OC(=O)CO. The van der Waals surface area contributed by atoms with Crippen LogP contribution < -0.4 is 4.74 Å². The zero-order valence-corrected chi connectivity index (χ0v) is 8.47. The normalized spacial score (nSPS) is 9.62. The van der Waals surface area contributed by atoms with Crippen molar-refractivity contribution >= 4 is 11.9 Å². The lowest BCUT2D eigenvalue weighted by Crippen LogP contribution is -2.15. The molecule has 0 saturated carbocycles. The highest BCUT2D eigenvalue weighted by Crippen LogP contribution is 2.24. The van der Waals surface area contributed by atoms with Gasteiger partial charge in [-0.25, -0.2) is 9.59 Å². The predicted molar refractivity (Wildman–Crippen MR) is 52.2 cm³/mol. The van der Waals surface area contributed by atoms with Gasteiger partial charge in [0.1, 0.15) is 23.7 Å². The molecule has 0 atom stereocenters. The van der Waals surface area contributed by atoms with Gasteiger partial charge in [-0.15, -0.1) is 0 Å². The zero-order valence-electron chi connectivity index (χ0n) is 8.47. The summed E-state index contributed by atoms with van der Waals surface area (Å²) in [6.45, 7) is -0.804. The molecule has 1 aromatic rings. The Kier molecular flexibility index (Phi) is 3.84. The number of methoxy groups -OCH3 is 1. The molecule has 0 saturated heterocycles. The third-order valence-electron chi connectivity index (χ3n) is 1.72. The molecule has 86 valence electrons. The molecule has 2 N–H and O–H groups in total. The Morgan fingerprint density at radius 3 is 2.62 bits per heavy atom. The molecule has 0 aromatic heterocycles. The quantitative estimate of drug-likeness (QED) is 0.560. The van der Waals surface area contributed by atoms with Gasteiger partial charge in [-0.3, -0.25) is 0 Å². The second kappa shape index (κ2) is 5.13. The Morgan fingerprint density at radius 1 is 1.38 bits per heavy atom. The molecule has 0 aliphatic rings. The van der Waals surface area contributed by atoms with Crippen LogP contribution in [-0.2, 0) is 9.53 Å². The maximum Gasteiger partial charge on any atom is 0.341 e. The van der Waals surface area contributed by atoms with Crippen molar-refractivity contribution in [3.63, 3.8) is 0 Å². The number of carbonyl (C=O) groups is 2. The summed E-state index contributed by atoms with van der Waals surface area (Å²) in [6, 6.07) is 3.58. The first-order valence-corrected chi connectivity index (χ1v) is 4.31. The summed E-state index contributed by atoms with van der Waals surface area (Å²) >= 11 is 0. The smallest absolute Gasteiger partial charge is 0.341 e. The fourth-order valence-electron chi connectivity index (χ4n) is 1.03. The van der Waals surface area contributed by atoms with Gasteiger partial charge in [-0.2, -0.15) is 0 Å². The average Bonchev–Trinajstić information content (AvgIpc) is 2.30. The van der Waals surface area contributed by atoms with Crippen LogP contribution in [0.5, 0.6) is 11.5 Å². The summed E-state index contributed by atoms with van der Waals surface area (Å²) in [4.78, 5) is 22.1. The predicted octanol–water partition coefficient (Wildman–Crippen LogP) is 0.0765. The second-order valence-electron chi connectivity index (χ2n) is 2.80. The molecule has 0 amide bonds. The number of hydrogen-bond acceptors (Lipinski definition) is 6. The van der Waals surface area contributed by atoms with E-state index in [1.807, 2.05) is 0 Å². The number of ether oxygens (including phenoxy) is 2. The van der Waals surface area contributed by atoms with Crippen molar-refractivity contribution in [2.24, 2.45) is 0 Å². The Labute approximate surface area is 91.0 Å². The molecule has 0 fully saturated rings. The topological polar surface area (TPSA) is 93.1 Å². The summed E-state index contributed by atoms with van der Waals surface area (Å²) in [6.07, 6.45) is 0. The highest BCUT2D eigenvalue weighted by atomic mass is 16.6. The third-order valence-corrected chi connectivity index (χ3v) is 1.72. The van der Waals surface area contributed by atoms with Crippen LogP contribution in [0.2, 0.25) is 0 Å². The van der Waals surface area contributed by atoms with Crippen molar-refractivity contribution in [2.45, 2.75) is 0 Å². The van der Waals surface area contributed by atoms with E-state index in [1.165, 1.54) is 12.1 Å². The first kappa shape index (κ1) is 12.0. The van der Waals surface area contributed by atoms with Crippen molar-refractivity contribution < 1.29 is 29.3 Å². The number of aliphatic hydroxyl groups is 1. The average molecular weight is 226 g/mol. The molecule has 0 heterocycles. The van der Waals surface area contributed by atoms with E-state index < -0.39 is 18.5 Å². The fourth-order valence-corrected chi connectivity index (χ4v) is 1.03. The van der Waals surface area contributed by atoms with E-state index in [0.717, 1.165) is 13.2 Å². The van der Waals surface area contributed by atoms with E-state index in [4.69, 9.17) is 5.11 Å². The van der Waals surface area contributed by atoms with Gasteiger partial charge in [0, 0.05) is 0 Å². The molecular formula is C10H10O6. The number of aliphatic hydroxyl groups excluding tert-OH is 1. The van der Waals surface area contributed by atoms with Crippen molar-refractivity contribution in [2.75, 3.05) is 13.7 Å². The molecular weight excluding hydrogens is 216 g/mol. The van der Waals surface area contributed by atoms with Crippen LogP contribution >= 0.6 is 0 Å². The van der Waals surface area contributed by atoms with Crippen LogP contribution in [0.4, 0.5) is 0 Å². The summed E-state index contributed by atoms with van der Waals surface area (Å²) in [5.41, 5.74) is -0.0932. The zero-order chi connectivity index (χ0) is 12.1. The van der Waals surface area contributed by atoms with Crippen LogP contribution in [-0.4, -0.2) is 35.9 Å². The maximum atomic E-state index is 11.3. The molecule has 0 bridgehead atoms. The minimum absolute atomic E-state index is 0.0799. The minimum Gasteiger partial charge on any atom is -0.508 e. The van der Waals surface area contributed by atoms with Crippen LogP contribution in [0, 0.1) is 0 Å². The largest absolute Gasteiger partial charge is 0.508 e. The van der Waals surface area contributed by atoms with Crippen LogP contribution in [0.25, 0.3) is 0 Å². The summed E-state index contributed by atoms with van der Waals surface area (Å²) in [5.74, 6) is -1.90. The third kappa shape index (κ3) is 2.71. The summed E-state index contributed by atoms with van der Waals surface area (Å²) in [7, 11) is 1.16. The van der Waals surface area contributed by atoms with Crippen molar-refractivity contribution in [1.82, 2.24) is 0 Å². The van der Waals surface area contributed by atoms with Crippen LogP contribution in [0.1, 0.15) is 10.4 Å². The summed E-state index contributed by atoms with van der Waals surface area (Å²) < 4.78 is 9.12. The molecule has 0 unspecified atom stereocenters. The van der Waals surface area contributed by atoms with E-state index in [9.17, 15) is 14.7 Å². The molecule has 6 nitrogen and oxygen atoms in total. The monoisotopic (exact) mass is 226 g/mol. The minimum atomic E-state index is -0.907. The molecule has 0 spiro atoms. The van der Waals surface area contributed by atoms with Crippen LogP contribution in [0.3, 0.4) is 0 Å². The van der Waals surface area contributed by atoms with E-state index >= 15 is 0 Å². The van der Waals surface area contributed by atoms with Crippen molar-refractivity contribution in [3.8, 4) is 11.5 Å². The van der Waals surface area contributed by atoms with Crippen molar-refractivity contribution in [3.05, 3.63) is 23.8 Å². The molecule has 16 heavy (non-hydrogen) atoms. The highest BCUT2D eigenvalue weighted by molar-refractivity contribution is 5.94. The number of rotatable bonds is 3. The lowest BCUT2D eigenvalue weighted by atomic mass is 10.2. The summed E-state index contributed by atoms with van der Waals surface area (Å²) in [5, 5.41) is 17.7. The Hall–Kier alpha value is -2.08. The fraction of sp³-hybridized carbons (Fsp3) is 0.200. The first-order chi connectivity index (χ1) is 7.58. The molecule has 1 rings (SSSR count).